The van der Waals surface area contributed by atoms with E-state index in [9.17, 15) is 5.11 Å². The van der Waals surface area contributed by atoms with E-state index in [1.165, 1.54) is 32.1 Å². The third-order valence-electron chi connectivity index (χ3n) is 3.92. The van der Waals surface area contributed by atoms with Crippen LogP contribution in [0.5, 0.6) is 0 Å². The van der Waals surface area contributed by atoms with Gasteiger partial charge in [0, 0.05) is 6.54 Å². The van der Waals surface area contributed by atoms with Gasteiger partial charge in [0.15, 0.2) is 0 Å². The fraction of sp³-hybridized carbons (Fsp3) is 1.00. The Balaban J connectivity index is 2.30. The molecule has 2 N–H and O–H groups in total. The summed E-state index contributed by atoms with van der Waals surface area (Å²) in [4.78, 5) is 0. The molecular weight excluding hydrogens is 210 g/mol. The number of rotatable bonds is 7. The average Bonchev–Trinajstić information content (AvgIpc) is 2.59. The Morgan fingerprint density at radius 3 is 2.29 bits per heavy atom. The summed E-state index contributed by atoms with van der Waals surface area (Å²) >= 11 is 0. The fourth-order valence-electron chi connectivity index (χ4n) is 3.19. The highest BCUT2D eigenvalue weighted by molar-refractivity contribution is 4.87. The van der Waals surface area contributed by atoms with Crippen LogP contribution >= 0.6 is 0 Å². The molecule has 1 rings (SSSR count). The van der Waals surface area contributed by atoms with Crippen molar-refractivity contribution < 1.29 is 5.11 Å². The van der Waals surface area contributed by atoms with Gasteiger partial charge in [-0.05, 0) is 57.4 Å². The summed E-state index contributed by atoms with van der Waals surface area (Å²) < 4.78 is 0. The fourth-order valence-corrected chi connectivity index (χ4v) is 3.19. The standard InChI is InChI=1S/C15H31NO/c1-13(2)11-15(7-5-6-8-15)12-16-10-9-14(3,4)17/h13,16-17H,5-12H2,1-4H3. The number of hydrogen-bond acceptors (Lipinski definition) is 2. The van der Waals surface area contributed by atoms with Gasteiger partial charge in [0.2, 0.25) is 0 Å². The molecule has 0 radical (unpaired) electrons. The minimum atomic E-state index is -0.534. The topological polar surface area (TPSA) is 32.3 Å². The minimum absolute atomic E-state index is 0.534. The minimum Gasteiger partial charge on any atom is -0.390 e. The molecule has 1 aliphatic carbocycles. The summed E-state index contributed by atoms with van der Waals surface area (Å²) in [6, 6.07) is 0. The summed E-state index contributed by atoms with van der Waals surface area (Å²) in [5, 5.41) is 13.2. The lowest BCUT2D eigenvalue weighted by Gasteiger charge is -2.31. The highest BCUT2D eigenvalue weighted by atomic mass is 16.3. The summed E-state index contributed by atoms with van der Waals surface area (Å²) in [5.41, 5.74) is 0.0155. The molecule has 0 heterocycles. The molecule has 2 nitrogen and oxygen atoms in total. The first-order valence-electron chi connectivity index (χ1n) is 7.26. The van der Waals surface area contributed by atoms with Gasteiger partial charge >= 0.3 is 0 Å². The molecule has 0 amide bonds. The summed E-state index contributed by atoms with van der Waals surface area (Å²) in [6.07, 6.45) is 7.77. The average molecular weight is 241 g/mol. The number of nitrogens with one attached hydrogen (secondary N) is 1. The van der Waals surface area contributed by atoms with Gasteiger partial charge in [0.25, 0.3) is 0 Å². The molecule has 0 saturated heterocycles. The van der Waals surface area contributed by atoms with Crippen LogP contribution in [0.1, 0.15) is 66.2 Å². The van der Waals surface area contributed by atoms with Gasteiger partial charge in [-0.25, -0.2) is 0 Å². The van der Waals surface area contributed by atoms with Crippen molar-refractivity contribution >= 4 is 0 Å². The van der Waals surface area contributed by atoms with Crippen LogP contribution in [0, 0.1) is 11.3 Å². The first-order chi connectivity index (χ1) is 7.83. The molecular formula is C15H31NO. The Kier molecular flexibility index (Phi) is 5.46. The van der Waals surface area contributed by atoms with E-state index in [-0.39, 0.29) is 0 Å². The van der Waals surface area contributed by atoms with Gasteiger partial charge in [-0.3, -0.25) is 0 Å². The number of hydrogen-bond donors (Lipinski definition) is 2. The first-order valence-corrected chi connectivity index (χ1v) is 7.26. The smallest absolute Gasteiger partial charge is 0.0603 e. The molecule has 1 fully saturated rings. The van der Waals surface area contributed by atoms with Crippen LogP contribution in [-0.2, 0) is 0 Å². The van der Waals surface area contributed by atoms with Gasteiger partial charge in [-0.2, -0.15) is 0 Å². The van der Waals surface area contributed by atoms with E-state index < -0.39 is 5.60 Å². The monoisotopic (exact) mass is 241 g/mol. The second kappa shape index (κ2) is 6.19. The molecule has 17 heavy (non-hydrogen) atoms. The molecule has 2 heteroatoms. The van der Waals surface area contributed by atoms with Crippen molar-refractivity contribution in [3.63, 3.8) is 0 Å². The van der Waals surface area contributed by atoms with Crippen molar-refractivity contribution in [1.29, 1.82) is 0 Å². The van der Waals surface area contributed by atoms with E-state index >= 15 is 0 Å². The summed E-state index contributed by atoms with van der Waals surface area (Å²) in [5.74, 6) is 0.796. The van der Waals surface area contributed by atoms with Crippen molar-refractivity contribution in [2.24, 2.45) is 11.3 Å². The number of aliphatic hydroxyl groups is 1. The Bertz CT molecular complexity index is 211. The van der Waals surface area contributed by atoms with E-state index in [1.54, 1.807) is 0 Å². The van der Waals surface area contributed by atoms with Crippen molar-refractivity contribution in [1.82, 2.24) is 5.32 Å². The molecule has 0 aromatic heterocycles. The normalized spacial score (nSPS) is 20.1. The molecule has 0 spiro atoms. The van der Waals surface area contributed by atoms with Gasteiger partial charge in [0.1, 0.15) is 0 Å². The first kappa shape index (κ1) is 15.0. The molecule has 0 atom stereocenters. The van der Waals surface area contributed by atoms with Crippen molar-refractivity contribution in [2.45, 2.75) is 71.8 Å². The van der Waals surface area contributed by atoms with E-state index in [4.69, 9.17) is 0 Å². The maximum atomic E-state index is 9.68. The molecule has 102 valence electrons. The molecule has 1 saturated carbocycles. The molecule has 0 aliphatic heterocycles. The lowest BCUT2D eigenvalue weighted by molar-refractivity contribution is 0.0697. The highest BCUT2D eigenvalue weighted by Crippen LogP contribution is 2.42. The zero-order chi connectivity index (χ0) is 12.9. The zero-order valence-corrected chi connectivity index (χ0v) is 12.2. The van der Waals surface area contributed by atoms with Crippen LogP contribution in [0.2, 0.25) is 0 Å². The third-order valence-corrected chi connectivity index (χ3v) is 3.92. The maximum Gasteiger partial charge on any atom is 0.0603 e. The van der Waals surface area contributed by atoms with Gasteiger partial charge in [-0.15, -0.1) is 0 Å². The molecule has 0 aromatic rings. The summed E-state index contributed by atoms with van der Waals surface area (Å²) in [7, 11) is 0. The van der Waals surface area contributed by atoms with Gasteiger partial charge in [0.05, 0.1) is 5.60 Å². The highest BCUT2D eigenvalue weighted by Gasteiger charge is 2.33. The van der Waals surface area contributed by atoms with E-state index in [2.05, 4.69) is 19.2 Å². The second-order valence-electron chi connectivity index (χ2n) is 7.04. The van der Waals surface area contributed by atoms with Crippen LogP contribution in [0.4, 0.5) is 0 Å². The Hall–Kier alpha value is -0.0800. The summed E-state index contributed by atoms with van der Waals surface area (Å²) in [6.45, 7) is 10.5. The van der Waals surface area contributed by atoms with Gasteiger partial charge < -0.3 is 10.4 Å². The lowest BCUT2D eigenvalue weighted by atomic mass is 9.78. The third kappa shape index (κ3) is 5.87. The van der Waals surface area contributed by atoms with Crippen molar-refractivity contribution in [3.8, 4) is 0 Å². The zero-order valence-electron chi connectivity index (χ0n) is 12.2. The Labute approximate surface area is 107 Å². The predicted molar refractivity (Wildman–Crippen MR) is 74.1 cm³/mol. The predicted octanol–water partition coefficient (Wildman–Crippen LogP) is 3.34. The second-order valence-corrected chi connectivity index (χ2v) is 7.04. The van der Waals surface area contributed by atoms with Crippen LogP contribution < -0.4 is 5.32 Å². The Morgan fingerprint density at radius 1 is 1.24 bits per heavy atom. The molecule has 0 aromatic carbocycles. The van der Waals surface area contributed by atoms with Crippen LogP contribution in [0.25, 0.3) is 0 Å². The van der Waals surface area contributed by atoms with Gasteiger partial charge in [-0.1, -0.05) is 26.7 Å². The largest absolute Gasteiger partial charge is 0.390 e. The SMILES string of the molecule is CC(C)CC1(CNCCC(C)(C)O)CCCC1. The van der Waals surface area contributed by atoms with E-state index in [0.29, 0.717) is 5.41 Å². The van der Waals surface area contributed by atoms with Crippen molar-refractivity contribution in [2.75, 3.05) is 13.1 Å². The Morgan fingerprint density at radius 2 is 1.82 bits per heavy atom. The molecule has 1 aliphatic rings. The lowest BCUT2D eigenvalue weighted by Crippen LogP contribution is -2.36. The quantitative estimate of drug-likeness (QED) is 0.670. The van der Waals surface area contributed by atoms with Crippen LogP contribution in [0.3, 0.4) is 0 Å². The van der Waals surface area contributed by atoms with E-state index in [1.807, 2.05) is 13.8 Å². The van der Waals surface area contributed by atoms with Crippen LogP contribution in [-0.4, -0.2) is 23.8 Å². The van der Waals surface area contributed by atoms with E-state index in [0.717, 1.165) is 25.4 Å². The maximum absolute atomic E-state index is 9.68. The van der Waals surface area contributed by atoms with Crippen molar-refractivity contribution in [3.05, 3.63) is 0 Å². The molecule has 0 bridgehead atoms. The molecule has 0 unspecified atom stereocenters. The van der Waals surface area contributed by atoms with Crippen LogP contribution in [0.15, 0.2) is 0 Å².